The molecule has 145 heavy (non-hydrogen) atoms. The Hall–Kier alpha value is -20.3. The minimum Gasteiger partial charge on any atom is -0.308 e. The number of benzene rings is 19. The van der Waals surface area contributed by atoms with Gasteiger partial charge in [0.05, 0.1) is 124 Å². The normalized spacial score (nSPS) is 12.3. The van der Waals surface area contributed by atoms with Crippen molar-refractivity contribution in [3.05, 3.63) is 448 Å². The van der Waals surface area contributed by atoms with Crippen LogP contribution in [0.3, 0.4) is 0 Å². The van der Waals surface area contributed by atoms with Gasteiger partial charge in [-0.25, -0.2) is 34.6 Å². The summed E-state index contributed by atoms with van der Waals surface area (Å²) in [7, 11) is 0. The van der Waals surface area contributed by atoms with E-state index < -0.39 is 0 Å². The number of rotatable bonds is 6. The summed E-state index contributed by atoms with van der Waals surface area (Å²) in [6, 6.07) is 144. The van der Waals surface area contributed by atoms with Crippen molar-refractivity contribution in [3.8, 4) is 45.8 Å². The summed E-state index contributed by atoms with van der Waals surface area (Å²) in [4.78, 5) is 42.6. The molecule has 666 valence electrons. The molecule has 16 heteroatoms. The molecule has 19 aromatic carbocycles. The lowest BCUT2D eigenvalue weighted by Gasteiger charge is -2.11. The Morgan fingerprint density at radius 2 is 0.593 bits per heavy atom. The Labute approximate surface area is 821 Å². The quantitative estimate of drug-likeness (QED) is 0.151. The molecule has 0 fully saturated rings. The van der Waals surface area contributed by atoms with E-state index in [0.717, 1.165) is 88.5 Å². The number of para-hydroxylation sites is 8. The van der Waals surface area contributed by atoms with Gasteiger partial charge in [0.15, 0.2) is 17.0 Å². The largest absolute Gasteiger partial charge is 0.308 e. The van der Waals surface area contributed by atoms with E-state index in [0.29, 0.717) is 40.1 Å². The molecule has 0 aliphatic heterocycles. The molecule has 0 aliphatic carbocycles. The lowest BCUT2D eigenvalue weighted by molar-refractivity contribution is 1.01. The third-order valence-corrected chi connectivity index (χ3v) is 30.5. The Balaban J connectivity index is 0.0000000971. The Kier molecular flexibility index (Phi) is 16.1. The van der Waals surface area contributed by atoms with Crippen molar-refractivity contribution >= 4 is 267 Å². The van der Waals surface area contributed by atoms with Crippen molar-refractivity contribution in [1.82, 2.24) is 66.4 Å². The smallest absolute Gasteiger partial charge is 0.237 e. The Bertz CT molecular complexity index is 11400. The number of hydrogen-bond donors (Lipinski definition) is 0. The predicted molar refractivity (Wildman–Crippen MR) is 596 cm³/mol. The molecular weight excluding hydrogens is 1770 g/mol. The lowest BCUT2D eigenvalue weighted by atomic mass is 10.00. The van der Waals surface area contributed by atoms with E-state index in [1.165, 1.54) is 185 Å². The summed E-state index contributed by atoms with van der Waals surface area (Å²) in [5, 5.41) is 32.7. The van der Waals surface area contributed by atoms with E-state index in [-0.39, 0.29) is 0 Å². The second kappa shape index (κ2) is 29.6. The average Bonchev–Trinajstić information content (AvgIpc) is 1.52. The minimum atomic E-state index is 0.544. The molecule has 34 rings (SSSR count). The molecule has 0 bridgehead atoms. The van der Waals surface area contributed by atoms with Crippen molar-refractivity contribution in [1.29, 1.82) is 0 Å². The zero-order valence-corrected chi connectivity index (χ0v) is 77.1. The van der Waals surface area contributed by atoms with Gasteiger partial charge in [-0.2, -0.15) is 4.98 Å². The number of hydrogen-bond acceptors (Lipinski definition) is 7. The molecule has 0 radical (unpaired) electrons. The molecule has 15 heterocycles. The van der Waals surface area contributed by atoms with E-state index in [1.54, 1.807) is 12.4 Å². The van der Waals surface area contributed by atoms with Gasteiger partial charge in [0.2, 0.25) is 11.9 Å². The highest BCUT2D eigenvalue weighted by Gasteiger charge is 2.33. The van der Waals surface area contributed by atoms with Gasteiger partial charge in [-0.1, -0.05) is 291 Å². The van der Waals surface area contributed by atoms with Crippen LogP contribution < -0.4 is 0 Å². The maximum atomic E-state index is 7.63. The second-order valence-corrected chi connectivity index (χ2v) is 37.8. The standard InChI is InChI=1S/C45H26N4.2C42H22N6/c1-2-13-28(14-3-1)47-36-20-10-8-18-32(36)41-38(24-25-46-45(41)47)48-37-21-11-7-17-31(37)40-39(48)26-34-30-16-6-9-19-35(30)49-43-29-15-5-4-12-27(29)22-23-33(43)42(40)44(34)49;1-43-26-12-8-11-25(22-26)38-39-32(16-9-21-44-39)45-42(46-38)47-34-18-7-5-15-29(34)36-35(47)23-31-28-14-4-6-17-33(28)48-40-27-13-3-2-10-24(27)19-20-30(40)37(36)41(31)48;1-43-26-12-8-11-25(22-26)38-31-16-9-21-44-41(31)46-42(45-38)47-34-18-7-5-15-29(34)36-35(47)23-32-28-14-4-6-17-33(28)48-39-27-13-3-2-10-24(27)19-20-30(39)37(36)40(32)48/h1-26H;2*2-23H. The summed E-state index contributed by atoms with van der Waals surface area (Å²) in [5.41, 5.74) is 28.3. The van der Waals surface area contributed by atoms with Crippen LogP contribution >= 0.6 is 0 Å². The first kappa shape index (κ1) is 78.7. The van der Waals surface area contributed by atoms with Gasteiger partial charge in [-0.05, 0) is 143 Å². The van der Waals surface area contributed by atoms with Crippen LogP contribution in [0.15, 0.2) is 425 Å². The molecule has 0 N–H and O–H groups in total. The zero-order valence-electron chi connectivity index (χ0n) is 77.1. The van der Waals surface area contributed by atoms with Crippen LogP contribution in [0.4, 0.5) is 11.4 Å². The first-order valence-corrected chi connectivity index (χ1v) is 48.6. The average molecular weight is 1840 g/mol. The molecule has 0 amide bonds. The molecule has 0 atom stereocenters. The van der Waals surface area contributed by atoms with Gasteiger partial charge in [0.1, 0.15) is 16.9 Å². The number of aromatic nitrogens is 14. The fourth-order valence-electron chi connectivity index (χ4n) is 24.8. The molecule has 16 nitrogen and oxygen atoms in total. The number of nitrogens with zero attached hydrogens (tertiary/aromatic N) is 16. The van der Waals surface area contributed by atoms with E-state index in [4.69, 9.17) is 48.0 Å². The first-order chi connectivity index (χ1) is 71.9. The van der Waals surface area contributed by atoms with Crippen LogP contribution in [0.25, 0.3) is 311 Å². The van der Waals surface area contributed by atoms with Gasteiger partial charge in [0, 0.05) is 148 Å². The van der Waals surface area contributed by atoms with Gasteiger partial charge >= 0.3 is 0 Å². The first-order valence-electron chi connectivity index (χ1n) is 48.6. The zero-order chi connectivity index (χ0) is 94.8. The van der Waals surface area contributed by atoms with Crippen molar-refractivity contribution in [2.24, 2.45) is 0 Å². The Morgan fingerprint density at radius 1 is 0.214 bits per heavy atom. The molecule has 34 aromatic rings. The molecule has 0 saturated carbocycles. The van der Waals surface area contributed by atoms with Gasteiger partial charge in [0.25, 0.3) is 0 Å². The number of pyridine rings is 3. The SMILES string of the molecule is [C-]#[N+]c1cccc(-c2nc(-n3c4ccccc4c4c5c6ccc7ccccc7c6n6c7ccccc7c(cc43)c56)nc3cccnc23)c1.[C-]#[N+]c1cccc(-c2nc(-n3c4ccccc4c4c5c6ccc7ccccc7c6n6c7ccccc7c(cc43)c56)nc3ncccc23)c1.c1ccc(-n2c3ccccc3c3c(-n4c5ccccc5c5c6c7ccc8ccccc8c7n7c8ccccc8c(cc54)c67)ccnc32)cc1. The summed E-state index contributed by atoms with van der Waals surface area (Å²) in [6.45, 7) is 15.2. The van der Waals surface area contributed by atoms with Gasteiger partial charge in [-0.15, -0.1) is 0 Å². The summed E-state index contributed by atoms with van der Waals surface area (Å²) < 4.78 is 16.7. The summed E-state index contributed by atoms with van der Waals surface area (Å²) >= 11 is 0. The fourth-order valence-corrected chi connectivity index (χ4v) is 24.8. The monoisotopic (exact) mass is 1840 g/mol. The molecular formula is C129H70N16. The predicted octanol–water partition coefficient (Wildman–Crippen LogP) is 32.9. The topological polar surface area (TPSA) is 132 Å². The van der Waals surface area contributed by atoms with Crippen molar-refractivity contribution in [2.45, 2.75) is 0 Å². The van der Waals surface area contributed by atoms with Crippen LogP contribution in [-0.4, -0.2) is 66.4 Å². The van der Waals surface area contributed by atoms with Crippen molar-refractivity contribution < 1.29 is 0 Å². The highest BCUT2D eigenvalue weighted by atomic mass is 15.2. The third-order valence-electron chi connectivity index (χ3n) is 30.5. The number of fused-ring (bicyclic) bond motifs is 41. The molecule has 0 saturated heterocycles. The van der Waals surface area contributed by atoms with Crippen LogP contribution in [0.1, 0.15) is 0 Å². The van der Waals surface area contributed by atoms with Crippen LogP contribution in [0, 0.1) is 13.1 Å². The summed E-state index contributed by atoms with van der Waals surface area (Å²) in [6.07, 6.45) is 5.51. The van der Waals surface area contributed by atoms with E-state index in [9.17, 15) is 0 Å². The second-order valence-electron chi connectivity index (χ2n) is 37.8. The maximum Gasteiger partial charge on any atom is 0.237 e. The fraction of sp³-hybridized carbons (Fsp3) is 0. The summed E-state index contributed by atoms with van der Waals surface area (Å²) in [5.74, 6) is 1.11. The van der Waals surface area contributed by atoms with Crippen LogP contribution in [-0.2, 0) is 0 Å². The van der Waals surface area contributed by atoms with Crippen molar-refractivity contribution in [2.75, 3.05) is 0 Å². The van der Waals surface area contributed by atoms with Crippen LogP contribution in [0.2, 0.25) is 0 Å². The maximum absolute atomic E-state index is 7.63. The van der Waals surface area contributed by atoms with E-state index >= 15 is 0 Å². The lowest BCUT2D eigenvalue weighted by Crippen LogP contribution is -2.04. The highest BCUT2D eigenvalue weighted by molar-refractivity contribution is 6.42. The van der Waals surface area contributed by atoms with Crippen molar-refractivity contribution in [3.63, 3.8) is 0 Å². The third kappa shape index (κ3) is 10.8. The van der Waals surface area contributed by atoms with E-state index in [2.05, 4.69) is 375 Å². The van der Waals surface area contributed by atoms with Gasteiger partial charge < -0.3 is 17.8 Å². The van der Waals surface area contributed by atoms with E-state index in [1.807, 2.05) is 79.0 Å². The highest BCUT2D eigenvalue weighted by Crippen LogP contribution is 2.54. The molecule has 15 aromatic heterocycles. The minimum absolute atomic E-state index is 0.544. The Morgan fingerprint density at radius 3 is 1.08 bits per heavy atom. The molecule has 0 spiro atoms. The molecule has 0 unspecified atom stereocenters. The van der Waals surface area contributed by atoms with Crippen LogP contribution in [0.5, 0.6) is 0 Å². The molecule has 0 aliphatic rings. The van der Waals surface area contributed by atoms with Gasteiger partial charge in [-0.3, -0.25) is 18.7 Å².